The van der Waals surface area contributed by atoms with Gasteiger partial charge in [0.25, 0.3) is 0 Å². The van der Waals surface area contributed by atoms with E-state index in [1.807, 2.05) is 48.5 Å². The number of methoxy groups -OCH3 is 2. The minimum absolute atomic E-state index is 0.0648. The van der Waals surface area contributed by atoms with Crippen molar-refractivity contribution < 1.29 is 23.8 Å². The van der Waals surface area contributed by atoms with Gasteiger partial charge in [0.2, 0.25) is 0 Å². The van der Waals surface area contributed by atoms with E-state index in [9.17, 15) is 9.59 Å². The molecular formula is C30H26N2O5. The average Bonchev–Trinajstić information content (AvgIpc) is 3.25. The fourth-order valence-electron chi connectivity index (χ4n) is 4.70. The molecule has 0 spiro atoms. The zero-order valence-electron chi connectivity index (χ0n) is 20.5. The van der Waals surface area contributed by atoms with E-state index in [1.54, 1.807) is 31.4 Å². The van der Waals surface area contributed by atoms with Crippen LogP contribution in [0.15, 0.2) is 84.9 Å². The number of benzene rings is 4. The molecule has 0 fully saturated rings. The summed E-state index contributed by atoms with van der Waals surface area (Å²) in [5, 5.41) is 2.60. The molecule has 0 atom stereocenters. The summed E-state index contributed by atoms with van der Waals surface area (Å²) in [6, 6.07) is 26.7. The van der Waals surface area contributed by atoms with E-state index in [-0.39, 0.29) is 12.5 Å². The molecule has 0 aliphatic heterocycles. The van der Waals surface area contributed by atoms with Gasteiger partial charge in [-0.25, -0.2) is 4.79 Å². The minimum Gasteiger partial charge on any atom is -0.495 e. The number of carbonyl (C=O) groups excluding carboxylic acids is 2. The van der Waals surface area contributed by atoms with Crippen LogP contribution in [0.5, 0.6) is 11.5 Å². The maximum absolute atomic E-state index is 12.7. The predicted molar refractivity (Wildman–Crippen MR) is 143 cm³/mol. The standard InChI is InChI=1S/C30H26N2O5/c1-35-27-15-18(11-13-25(27)31)19-12-14-26(28(16-19)36-2)32-29(33)30(34)37-17-24-22-9-5-3-7-20(22)21-8-4-6-10-23(21)24/h3-16,24H,17,31H2,1-2H3,(H,32,33). The number of nitrogens with one attached hydrogen (secondary N) is 1. The lowest BCUT2D eigenvalue weighted by Gasteiger charge is -2.15. The zero-order chi connectivity index (χ0) is 25.9. The van der Waals surface area contributed by atoms with E-state index in [0.29, 0.717) is 22.9 Å². The number of anilines is 2. The van der Waals surface area contributed by atoms with Crippen molar-refractivity contribution in [3.8, 4) is 33.8 Å². The summed E-state index contributed by atoms with van der Waals surface area (Å²) in [5.74, 6) is -1.01. The molecule has 1 aliphatic carbocycles. The molecule has 0 bridgehead atoms. The van der Waals surface area contributed by atoms with E-state index in [0.717, 1.165) is 33.4 Å². The van der Waals surface area contributed by atoms with Crippen LogP contribution in [0.25, 0.3) is 22.3 Å². The molecule has 3 N–H and O–H groups in total. The molecule has 5 rings (SSSR count). The van der Waals surface area contributed by atoms with Crippen molar-refractivity contribution in [1.82, 2.24) is 0 Å². The van der Waals surface area contributed by atoms with Crippen LogP contribution in [0.2, 0.25) is 0 Å². The highest BCUT2D eigenvalue weighted by molar-refractivity contribution is 6.37. The second kappa shape index (κ2) is 10.1. The molecule has 0 heterocycles. The third-order valence-corrected chi connectivity index (χ3v) is 6.55. The van der Waals surface area contributed by atoms with Crippen LogP contribution in [-0.2, 0) is 14.3 Å². The van der Waals surface area contributed by atoms with Crippen LogP contribution in [0.4, 0.5) is 11.4 Å². The number of fused-ring (bicyclic) bond motifs is 3. The molecule has 7 heteroatoms. The summed E-state index contributed by atoms with van der Waals surface area (Å²) in [7, 11) is 3.05. The normalized spacial score (nSPS) is 11.8. The van der Waals surface area contributed by atoms with Crippen LogP contribution >= 0.6 is 0 Å². The summed E-state index contributed by atoms with van der Waals surface area (Å²) < 4.78 is 16.2. The molecule has 37 heavy (non-hydrogen) atoms. The Kier molecular flexibility index (Phi) is 6.51. The topological polar surface area (TPSA) is 99.9 Å². The summed E-state index contributed by atoms with van der Waals surface area (Å²) >= 11 is 0. The molecule has 1 aliphatic rings. The molecule has 4 aromatic carbocycles. The van der Waals surface area contributed by atoms with Gasteiger partial charge in [0, 0.05) is 5.92 Å². The number of amides is 1. The van der Waals surface area contributed by atoms with Crippen LogP contribution < -0.4 is 20.5 Å². The number of esters is 1. The second-order valence-corrected chi connectivity index (χ2v) is 8.65. The molecular weight excluding hydrogens is 468 g/mol. The number of hydrogen-bond acceptors (Lipinski definition) is 6. The van der Waals surface area contributed by atoms with Crippen LogP contribution in [-0.4, -0.2) is 32.7 Å². The van der Waals surface area contributed by atoms with Gasteiger partial charge in [-0.15, -0.1) is 0 Å². The molecule has 7 nitrogen and oxygen atoms in total. The van der Waals surface area contributed by atoms with Gasteiger partial charge in [-0.3, -0.25) is 4.79 Å². The van der Waals surface area contributed by atoms with E-state index >= 15 is 0 Å². The monoisotopic (exact) mass is 494 g/mol. The van der Waals surface area contributed by atoms with E-state index < -0.39 is 11.9 Å². The van der Waals surface area contributed by atoms with Crippen molar-refractivity contribution in [3.63, 3.8) is 0 Å². The van der Waals surface area contributed by atoms with Crippen molar-refractivity contribution in [2.24, 2.45) is 0 Å². The first-order chi connectivity index (χ1) is 18.0. The average molecular weight is 495 g/mol. The Balaban J connectivity index is 1.29. The molecule has 4 aromatic rings. The molecule has 0 unspecified atom stereocenters. The summed E-state index contributed by atoms with van der Waals surface area (Å²) in [4.78, 5) is 25.3. The first-order valence-electron chi connectivity index (χ1n) is 11.8. The van der Waals surface area contributed by atoms with Gasteiger partial charge in [-0.2, -0.15) is 0 Å². The van der Waals surface area contributed by atoms with E-state index in [4.69, 9.17) is 19.9 Å². The molecule has 186 valence electrons. The predicted octanol–water partition coefficient (Wildman–Crippen LogP) is 5.25. The maximum Gasteiger partial charge on any atom is 0.397 e. The molecule has 0 aromatic heterocycles. The largest absolute Gasteiger partial charge is 0.495 e. The number of ether oxygens (including phenoxy) is 3. The summed E-state index contributed by atoms with van der Waals surface area (Å²) in [5.41, 5.74) is 12.9. The Labute approximate surface area is 214 Å². The SMILES string of the molecule is COc1cc(-c2ccc(NC(=O)C(=O)OCC3c4ccccc4-c4ccccc43)c(OC)c2)ccc1N. The quantitative estimate of drug-likeness (QED) is 0.216. The first-order valence-corrected chi connectivity index (χ1v) is 11.8. The van der Waals surface area contributed by atoms with E-state index in [1.165, 1.54) is 7.11 Å². The Morgan fingerprint density at radius 3 is 1.97 bits per heavy atom. The minimum atomic E-state index is -0.962. The third-order valence-electron chi connectivity index (χ3n) is 6.55. The zero-order valence-corrected chi connectivity index (χ0v) is 20.5. The number of hydrogen-bond donors (Lipinski definition) is 2. The second-order valence-electron chi connectivity index (χ2n) is 8.65. The number of nitrogens with two attached hydrogens (primary N) is 1. The first kappa shape index (κ1) is 23.9. The van der Waals surface area contributed by atoms with Gasteiger partial charge in [0.05, 0.1) is 25.6 Å². The van der Waals surface area contributed by atoms with Gasteiger partial charge < -0.3 is 25.3 Å². The number of rotatable bonds is 6. The van der Waals surface area contributed by atoms with Crippen molar-refractivity contribution in [2.75, 3.05) is 31.9 Å². The summed E-state index contributed by atoms with van der Waals surface area (Å²) in [6.07, 6.45) is 0. The van der Waals surface area contributed by atoms with Crippen molar-refractivity contribution in [2.45, 2.75) is 5.92 Å². The Bertz CT molecular complexity index is 1450. The highest BCUT2D eigenvalue weighted by Gasteiger charge is 2.30. The van der Waals surface area contributed by atoms with Crippen LogP contribution in [0, 0.1) is 0 Å². The highest BCUT2D eigenvalue weighted by Crippen LogP contribution is 2.44. The maximum atomic E-state index is 12.7. The third kappa shape index (κ3) is 4.59. The molecule has 0 saturated heterocycles. The summed E-state index contributed by atoms with van der Waals surface area (Å²) in [6.45, 7) is 0.0648. The van der Waals surface area contributed by atoms with Gasteiger partial charge in [0.1, 0.15) is 18.1 Å². The highest BCUT2D eigenvalue weighted by atomic mass is 16.5. The Hall–Kier alpha value is -4.78. The van der Waals surface area contributed by atoms with Crippen LogP contribution in [0.3, 0.4) is 0 Å². The fourth-order valence-corrected chi connectivity index (χ4v) is 4.70. The lowest BCUT2D eigenvalue weighted by molar-refractivity contribution is -0.152. The van der Waals surface area contributed by atoms with Gasteiger partial charge in [-0.1, -0.05) is 60.7 Å². The smallest absolute Gasteiger partial charge is 0.397 e. The Morgan fingerprint density at radius 2 is 1.35 bits per heavy atom. The van der Waals surface area contributed by atoms with Crippen molar-refractivity contribution in [1.29, 1.82) is 0 Å². The molecule has 0 saturated carbocycles. The van der Waals surface area contributed by atoms with Gasteiger partial charge in [-0.05, 0) is 57.6 Å². The molecule has 0 radical (unpaired) electrons. The number of nitrogen functional groups attached to an aromatic ring is 1. The molecule has 1 amide bonds. The van der Waals surface area contributed by atoms with Gasteiger partial charge in [0.15, 0.2) is 0 Å². The van der Waals surface area contributed by atoms with Crippen LogP contribution in [0.1, 0.15) is 17.0 Å². The fraction of sp³-hybridized carbons (Fsp3) is 0.133. The van der Waals surface area contributed by atoms with Crippen molar-refractivity contribution >= 4 is 23.3 Å². The van der Waals surface area contributed by atoms with Gasteiger partial charge >= 0.3 is 11.9 Å². The number of carbonyl (C=O) groups is 2. The van der Waals surface area contributed by atoms with Crippen molar-refractivity contribution in [3.05, 3.63) is 96.1 Å². The lowest BCUT2D eigenvalue weighted by Crippen LogP contribution is -2.26. The lowest BCUT2D eigenvalue weighted by atomic mass is 9.98. The van der Waals surface area contributed by atoms with E-state index in [2.05, 4.69) is 17.4 Å². The Morgan fingerprint density at radius 1 is 0.784 bits per heavy atom.